The summed E-state index contributed by atoms with van der Waals surface area (Å²) >= 11 is 0. The minimum atomic E-state index is -4.31. The van der Waals surface area contributed by atoms with Crippen LogP contribution < -0.4 is 4.74 Å². The molecule has 2 aliphatic heterocycles. The predicted molar refractivity (Wildman–Crippen MR) is 98.7 cm³/mol. The van der Waals surface area contributed by atoms with Gasteiger partial charge in [-0.25, -0.2) is 0 Å². The molecule has 4 rings (SSSR count). The minimum Gasteiger partial charge on any atom is -0.492 e. The summed E-state index contributed by atoms with van der Waals surface area (Å²) in [5, 5.41) is 0. The zero-order chi connectivity index (χ0) is 19.0. The number of rotatable bonds is 2. The van der Waals surface area contributed by atoms with Crippen molar-refractivity contribution in [2.75, 3.05) is 32.8 Å². The quantitative estimate of drug-likeness (QED) is 0.779. The van der Waals surface area contributed by atoms with E-state index >= 15 is 0 Å². The summed E-state index contributed by atoms with van der Waals surface area (Å²) in [6, 6.07) is 11.6. The van der Waals surface area contributed by atoms with Crippen molar-refractivity contribution >= 4 is 0 Å². The van der Waals surface area contributed by atoms with Crippen molar-refractivity contribution in [1.82, 2.24) is 9.80 Å². The first-order valence-electron chi connectivity index (χ1n) is 9.34. The molecule has 0 aliphatic carbocycles. The van der Waals surface area contributed by atoms with E-state index in [1.165, 1.54) is 12.1 Å². The Morgan fingerprint density at radius 2 is 1.78 bits per heavy atom. The second kappa shape index (κ2) is 7.17. The highest BCUT2D eigenvalue weighted by molar-refractivity contribution is 5.66. The Morgan fingerprint density at radius 1 is 1.04 bits per heavy atom. The maximum atomic E-state index is 12.8. The summed E-state index contributed by atoms with van der Waals surface area (Å²) in [6.07, 6.45) is -4.31. The molecule has 2 aliphatic rings. The van der Waals surface area contributed by atoms with E-state index in [1.54, 1.807) is 0 Å². The molecule has 2 aromatic rings. The molecule has 2 heterocycles. The SMILES string of the molecule is CCN1CCN2Cc3cc(-c4ccc(C(F)(F)F)cc4)ccc3OC[C@@H]2C1. The number of benzene rings is 2. The molecule has 1 saturated heterocycles. The third kappa shape index (κ3) is 3.82. The van der Waals surface area contributed by atoms with E-state index in [1.807, 2.05) is 18.2 Å². The molecule has 0 bridgehead atoms. The highest BCUT2D eigenvalue weighted by Crippen LogP contribution is 2.34. The number of fused-ring (bicyclic) bond motifs is 2. The normalized spacial score (nSPS) is 21.1. The summed E-state index contributed by atoms with van der Waals surface area (Å²) < 4.78 is 44.4. The van der Waals surface area contributed by atoms with E-state index in [0.29, 0.717) is 12.6 Å². The van der Waals surface area contributed by atoms with E-state index in [4.69, 9.17) is 4.74 Å². The number of alkyl halides is 3. The smallest absolute Gasteiger partial charge is 0.416 e. The van der Waals surface area contributed by atoms with Gasteiger partial charge in [0.1, 0.15) is 12.4 Å². The monoisotopic (exact) mass is 376 g/mol. The molecule has 0 N–H and O–H groups in total. The molecule has 2 aromatic carbocycles. The molecule has 27 heavy (non-hydrogen) atoms. The molecule has 0 amide bonds. The number of ether oxygens (including phenoxy) is 1. The summed E-state index contributed by atoms with van der Waals surface area (Å²) in [7, 11) is 0. The van der Waals surface area contributed by atoms with Gasteiger partial charge in [0.25, 0.3) is 0 Å². The van der Waals surface area contributed by atoms with Crippen LogP contribution in [-0.2, 0) is 12.7 Å². The number of piperazine rings is 1. The van der Waals surface area contributed by atoms with Crippen LogP contribution >= 0.6 is 0 Å². The lowest BCUT2D eigenvalue weighted by Crippen LogP contribution is -2.53. The average Bonchev–Trinajstić information content (AvgIpc) is 2.85. The number of halogens is 3. The van der Waals surface area contributed by atoms with Gasteiger partial charge >= 0.3 is 6.18 Å². The summed E-state index contributed by atoms with van der Waals surface area (Å²) in [5.74, 6) is 0.878. The molecule has 0 radical (unpaired) electrons. The van der Waals surface area contributed by atoms with Crippen molar-refractivity contribution < 1.29 is 17.9 Å². The largest absolute Gasteiger partial charge is 0.492 e. The van der Waals surface area contributed by atoms with Crippen molar-refractivity contribution in [3.05, 3.63) is 53.6 Å². The lowest BCUT2D eigenvalue weighted by atomic mass is 10.0. The Labute approximate surface area is 157 Å². The van der Waals surface area contributed by atoms with Crippen LogP contribution in [-0.4, -0.2) is 48.6 Å². The van der Waals surface area contributed by atoms with E-state index < -0.39 is 11.7 Å². The third-order valence-corrected chi connectivity index (χ3v) is 5.55. The summed E-state index contributed by atoms with van der Waals surface area (Å²) in [6.45, 7) is 7.78. The van der Waals surface area contributed by atoms with Crippen molar-refractivity contribution in [2.45, 2.75) is 25.7 Å². The van der Waals surface area contributed by atoms with Crippen LogP contribution in [0.5, 0.6) is 5.75 Å². The predicted octanol–water partition coefficient (Wildman–Crippen LogP) is 4.27. The number of hydrogen-bond acceptors (Lipinski definition) is 3. The first-order chi connectivity index (χ1) is 12.9. The average molecular weight is 376 g/mol. The van der Waals surface area contributed by atoms with E-state index in [9.17, 15) is 13.2 Å². The second-order valence-electron chi connectivity index (χ2n) is 7.23. The summed E-state index contributed by atoms with van der Waals surface area (Å²) in [4.78, 5) is 4.89. The maximum Gasteiger partial charge on any atom is 0.416 e. The van der Waals surface area contributed by atoms with Gasteiger partial charge in [-0.15, -0.1) is 0 Å². The van der Waals surface area contributed by atoms with E-state index in [0.717, 1.165) is 67.3 Å². The van der Waals surface area contributed by atoms with Crippen molar-refractivity contribution in [2.24, 2.45) is 0 Å². The fourth-order valence-electron chi connectivity index (χ4n) is 3.89. The maximum absolute atomic E-state index is 12.8. The molecule has 0 unspecified atom stereocenters. The minimum absolute atomic E-state index is 0.376. The van der Waals surface area contributed by atoms with Gasteiger partial charge in [-0.05, 0) is 41.9 Å². The van der Waals surface area contributed by atoms with Crippen LogP contribution in [0.4, 0.5) is 13.2 Å². The van der Waals surface area contributed by atoms with Crippen LogP contribution in [0.15, 0.2) is 42.5 Å². The molecule has 144 valence electrons. The first-order valence-corrected chi connectivity index (χ1v) is 9.34. The van der Waals surface area contributed by atoms with Gasteiger partial charge < -0.3 is 9.64 Å². The lowest BCUT2D eigenvalue weighted by Gasteiger charge is -2.39. The zero-order valence-corrected chi connectivity index (χ0v) is 15.3. The van der Waals surface area contributed by atoms with Gasteiger partial charge in [-0.1, -0.05) is 25.1 Å². The molecule has 0 aromatic heterocycles. The third-order valence-electron chi connectivity index (χ3n) is 5.55. The molecule has 0 saturated carbocycles. The van der Waals surface area contributed by atoms with Gasteiger partial charge in [0.2, 0.25) is 0 Å². The van der Waals surface area contributed by atoms with E-state index in [-0.39, 0.29) is 0 Å². The molecular weight excluding hydrogens is 353 g/mol. The van der Waals surface area contributed by atoms with Gasteiger partial charge in [-0.3, -0.25) is 4.90 Å². The Balaban J connectivity index is 1.57. The molecule has 3 nitrogen and oxygen atoms in total. The number of hydrogen-bond donors (Lipinski definition) is 0. The van der Waals surface area contributed by atoms with Crippen LogP contribution in [0.2, 0.25) is 0 Å². The topological polar surface area (TPSA) is 15.7 Å². The number of nitrogens with zero attached hydrogens (tertiary/aromatic N) is 2. The zero-order valence-electron chi connectivity index (χ0n) is 15.3. The first kappa shape index (κ1) is 18.3. The molecule has 6 heteroatoms. The Bertz CT molecular complexity index is 804. The van der Waals surface area contributed by atoms with Gasteiger partial charge in [0.05, 0.1) is 11.6 Å². The molecule has 0 spiro atoms. The van der Waals surface area contributed by atoms with Gasteiger partial charge in [-0.2, -0.15) is 13.2 Å². The standard InChI is InChI=1S/C21H23F3N2O/c1-2-25-9-10-26-12-17-11-16(5-8-20(17)27-14-19(26)13-25)15-3-6-18(7-4-15)21(22,23)24/h3-8,11,19H,2,9-10,12-14H2,1H3/t19-/m0/s1. The van der Waals surface area contributed by atoms with Crippen molar-refractivity contribution in [1.29, 1.82) is 0 Å². The van der Waals surface area contributed by atoms with Crippen LogP contribution in [0.25, 0.3) is 11.1 Å². The van der Waals surface area contributed by atoms with Crippen molar-refractivity contribution in [3.8, 4) is 16.9 Å². The lowest BCUT2D eigenvalue weighted by molar-refractivity contribution is -0.137. The molecule has 1 fully saturated rings. The molecule has 1 atom stereocenters. The Morgan fingerprint density at radius 3 is 2.48 bits per heavy atom. The van der Waals surface area contributed by atoms with Crippen molar-refractivity contribution in [3.63, 3.8) is 0 Å². The second-order valence-corrected chi connectivity index (χ2v) is 7.23. The Kier molecular flexibility index (Phi) is 4.86. The highest BCUT2D eigenvalue weighted by atomic mass is 19.4. The van der Waals surface area contributed by atoms with E-state index in [2.05, 4.69) is 16.7 Å². The fraction of sp³-hybridized carbons (Fsp3) is 0.429. The van der Waals surface area contributed by atoms with Gasteiger partial charge in [0, 0.05) is 31.7 Å². The van der Waals surface area contributed by atoms with Crippen LogP contribution in [0.1, 0.15) is 18.1 Å². The summed E-state index contributed by atoms with van der Waals surface area (Å²) in [5.41, 5.74) is 2.17. The highest BCUT2D eigenvalue weighted by Gasteiger charge is 2.31. The van der Waals surface area contributed by atoms with Gasteiger partial charge in [0.15, 0.2) is 0 Å². The Hall–Kier alpha value is -2.05. The van der Waals surface area contributed by atoms with Crippen LogP contribution in [0.3, 0.4) is 0 Å². The van der Waals surface area contributed by atoms with Crippen LogP contribution in [0, 0.1) is 0 Å². The molecular formula is C21H23F3N2O. The fourth-order valence-corrected chi connectivity index (χ4v) is 3.89. The number of likely N-dealkylation sites (N-methyl/N-ethyl adjacent to an activating group) is 1.